The maximum absolute atomic E-state index is 9.19. The number of nitrogens with zero attached hydrogens (tertiary/aromatic N) is 3. The molecule has 0 aliphatic carbocycles. The van der Waals surface area contributed by atoms with Gasteiger partial charge < -0.3 is 14.2 Å². The Balaban J connectivity index is 0.000000588. The molecule has 1 saturated heterocycles. The summed E-state index contributed by atoms with van der Waals surface area (Å²) in [5.74, 6) is 1.47. The highest BCUT2D eigenvalue weighted by Crippen LogP contribution is 2.31. The van der Waals surface area contributed by atoms with Crippen LogP contribution in [0, 0.1) is 6.92 Å². The molecule has 1 aliphatic rings. The van der Waals surface area contributed by atoms with Gasteiger partial charge in [0, 0.05) is 25.8 Å². The number of benzene rings is 2. The minimum atomic E-state index is -3.67. The van der Waals surface area contributed by atoms with Crippen LogP contribution in [0.3, 0.4) is 0 Å². The summed E-state index contributed by atoms with van der Waals surface area (Å²) in [6.45, 7) is 7.02. The lowest BCUT2D eigenvalue weighted by Crippen LogP contribution is -2.38. The summed E-state index contributed by atoms with van der Waals surface area (Å²) >= 11 is 0. The lowest BCUT2D eigenvalue weighted by atomic mass is 10.1. The van der Waals surface area contributed by atoms with Crippen LogP contribution in [0.4, 0.5) is 0 Å². The number of aromatic nitrogens is 2. The third kappa shape index (κ3) is 8.14. The highest BCUT2D eigenvalue weighted by molar-refractivity contribution is 7.85. The molecule has 1 N–H and O–H groups in total. The molecule has 0 amide bonds. The predicted molar refractivity (Wildman–Crippen MR) is 131 cm³/mol. The van der Waals surface area contributed by atoms with Crippen molar-refractivity contribution in [1.29, 1.82) is 0 Å². The molecule has 0 bridgehead atoms. The molecule has 9 nitrogen and oxygen atoms in total. The number of rotatable bonds is 7. The zero-order chi connectivity index (χ0) is 24.6. The van der Waals surface area contributed by atoms with Gasteiger partial charge in [-0.25, -0.2) is 4.68 Å². The predicted octanol–water partition coefficient (Wildman–Crippen LogP) is 3.07. The van der Waals surface area contributed by atoms with Crippen molar-refractivity contribution in [3.8, 4) is 28.4 Å². The van der Waals surface area contributed by atoms with Gasteiger partial charge in [-0.2, -0.15) is 8.42 Å². The van der Waals surface area contributed by atoms with E-state index in [9.17, 15) is 8.42 Å². The number of methoxy groups -OCH3 is 1. The van der Waals surface area contributed by atoms with Crippen LogP contribution in [0.15, 0.2) is 54.7 Å². The third-order valence-electron chi connectivity index (χ3n) is 5.13. The van der Waals surface area contributed by atoms with Gasteiger partial charge in [-0.1, -0.05) is 29.8 Å². The molecule has 2 heterocycles. The Hall–Kier alpha value is -2.92. The van der Waals surface area contributed by atoms with Gasteiger partial charge in [0.15, 0.2) is 0 Å². The number of hydrogen-bond acceptors (Lipinski definition) is 7. The monoisotopic (exact) mass is 489 g/mol. The first-order chi connectivity index (χ1) is 16.2. The molecule has 34 heavy (non-hydrogen) atoms. The average Bonchev–Trinajstić information content (AvgIpc) is 3.23. The van der Waals surface area contributed by atoms with Crippen molar-refractivity contribution in [2.75, 3.05) is 52.8 Å². The summed E-state index contributed by atoms with van der Waals surface area (Å²) < 4.78 is 44.6. The summed E-state index contributed by atoms with van der Waals surface area (Å²) in [5.41, 5.74) is 4.24. The number of morpholine rings is 1. The van der Waals surface area contributed by atoms with Gasteiger partial charge in [-0.3, -0.25) is 9.45 Å². The summed E-state index contributed by atoms with van der Waals surface area (Å²) in [5, 5.41) is 4.73. The molecule has 1 aromatic heterocycles. The first kappa shape index (κ1) is 25.7. The van der Waals surface area contributed by atoms with E-state index in [1.807, 2.05) is 35.1 Å². The lowest BCUT2D eigenvalue weighted by molar-refractivity contribution is 0.0320. The van der Waals surface area contributed by atoms with Gasteiger partial charge in [0.2, 0.25) is 5.88 Å². The zero-order valence-corrected chi connectivity index (χ0v) is 20.5. The molecule has 0 atom stereocenters. The minimum absolute atomic E-state index is 0.591. The van der Waals surface area contributed by atoms with Crippen molar-refractivity contribution in [3.05, 3.63) is 60.3 Å². The molecule has 0 radical (unpaired) electrons. The molecule has 1 aliphatic heterocycles. The van der Waals surface area contributed by atoms with E-state index in [4.69, 9.17) is 23.9 Å². The standard InChI is InChI=1S/C23H27N3O3.CH4O3S/c1-18-3-7-20(8-4-18)26-17-22(19-5-9-21(27-2)10-6-19)23(24-26)29-16-13-25-11-14-28-15-12-25;1-5(2,3)4/h3-10,17H,11-16H2,1-2H3;1H3,(H,2,3,4). The van der Waals surface area contributed by atoms with Crippen LogP contribution >= 0.6 is 0 Å². The Morgan fingerprint density at radius 3 is 2.26 bits per heavy atom. The van der Waals surface area contributed by atoms with E-state index in [0.29, 0.717) is 18.7 Å². The summed E-state index contributed by atoms with van der Waals surface area (Å²) in [6.07, 6.45) is 2.74. The highest BCUT2D eigenvalue weighted by atomic mass is 32.2. The van der Waals surface area contributed by atoms with Crippen molar-refractivity contribution in [1.82, 2.24) is 14.7 Å². The Kier molecular flexibility index (Phi) is 9.05. The quantitative estimate of drug-likeness (QED) is 0.505. The van der Waals surface area contributed by atoms with Crippen molar-refractivity contribution >= 4 is 10.1 Å². The molecule has 184 valence electrons. The van der Waals surface area contributed by atoms with Crippen molar-refractivity contribution in [3.63, 3.8) is 0 Å². The highest BCUT2D eigenvalue weighted by Gasteiger charge is 2.15. The van der Waals surface area contributed by atoms with Crippen LogP contribution in [-0.4, -0.2) is 80.5 Å². The molecule has 0 spiro atoms. The fraction of sp³-hybridized carbons (Fsp3) is 0.375. The van der Waals surface area contributed by atoms with Gasteiger partial charge >= 0.3 is 0 Å². The Morgan fingerprint density at radius 1 is 1.06 bits per heavy atom. The van der Waals surface area contributed by atoms with Crippen LogP contribution in [0.1, 0.15) is 5.56 Å². The number of aryl methyl sites for hydroxylation is 1. The molecule has 3 aromatic rings. The molecular formula is C24H31N3O6S. The lowest BCUT2D eigenvalue weighted by Gasteiger charge is -2.26. The van der Waals surface area contributed by atoms with Gasteiger partial charge in [0.05, 0.1) is 37.8 Å². The number of ether oxygens (including phenoxy) is 3. The van der Waals surface area contributed by atoms with E-state index in [2.05, 4.69) is 36.1 Å². The molecule has 0 saturated carbocycles. The van der Waals surface area contributed by atoms with E-state index in [1.165, 1.54) is 5.56 Å². The van der Waals surface area contributed by atoms with Crippen molar-refractivity contribution < 1.29 is 27.2 Å². The topological polar surface area (TPSA) is 103 Å². The van der Waals surface area contributed by atoms with Crippen LogP contribution in [-0.2, 0) is 14.9 Å². The summed E-state index contributed by atoms with van der Waals surface area (Å²) in [4.78, 5) is 2.35. The fourth-order valence-corrected chi connectivity index (χ4v) is 3.36. The maximum Gasteiger partial charge on any atom is 0.261 e. The van der Waals surface area contributed by atoms with Crippen molar-refractivity contribution in [2.24, 2.45) is 0 Å². The molecular weight excluding hydrogens is 458 g/mol. The molecule has 10 heteroatoms. The summed E-state index contributed by atoms with van der Waals surface area (Å²) in [6, 6.07) is 16.3. The van der Waals surface area contributed by atoms with E-state index < -0.39 is 10.1 Å². The van der Waals surface area contributed by atoms with Gasteiger partial charge in [-0.05, 0) is 36.8 Å². The smallest absolute Gasteiger partial charge is 0.261 e. The first-order valence-electron chi connectivity index (χ1n) is 10.9. The average molecular weight is 490 g/mol. The molecule has 1 fully saturated rings. The second-order valence-electron chi connectivity index (χ2n) is 7.89. The van der Waals surface area contributed by atoms with Crippen molar-refractivity contribution in [2.45, 2.75) is 6.92 Å². The molecule has 2 aromatic carbocycles. The Morgan fingerprint density at radius 2 is 1.68 bits per heavy atom. The van der Waals surface area contributed by atoms with Gasteiger partial charge in [0.1, 0.15) is 12.4 Å². The van der Waals surface area contributed by atoms with E-state index in [0.717, 1.165) is 55.4 Å². The number of hydrogen-bond donors (Lipinski definition) is 1. The van der Waals surface area contributed by atoms with E-state index >= 15 is 0 Å². The fourth-order valence-electron chi connectivity index (χ4n) is 3.36. The SMILES string of the molecule is COc1ccc(-c2cn(-c3ccc(C)cc3)nc2OCCN2CCOCC2)cc1.CS(=O)(=O)O. The van der Waals surface area contributed by atoms with Crippen LogP contribution in [0.5, 0.6) is 11.6 Å². The summed E-state index contributed by atoms with van der Waals surface area (Å²) in [7, 11) is -2.00. The Bertz CT molecular complexity index is 1130. The van der Waals surface area contributed by atoms with Gasteiger partial charge in [0.25, 0.3) is 10.1 Å². The normalized spacial score (nSPS) is 14.2. The Labute approximate surface area is 200 Å². The first-order valence-corrected chi connectivity index (χ1v) is 12.7. The van der Waals surface area contributed by atoms with E-state index in [-0.39, 0.29) is 0 Å². The molecule has 4 rings (SSSR count). The second-order valence-corrected chi connectivity index (χ2v) is 9.36. The van der Waals surface area contributed by atoms with Gasteiger partial charge in [-0.15, -0.1) is 5.10 Å². The van der Waals surface area contributed by atoms with Crippen LogP contribution < -0.4 is 9.47 Å². The maximum atomic E-state index is 9.19. The molecule has 0 unspecified atom stereocenters. The minimum Gasteiger partial charge on any atom is -0.497 e. The van der Waals surface area contributed by atoms with Crippen LogP contribution in [0.25, 0.3) is 16.8 Å². The van der Waals surface area contributed by atoms with Crippen LogP contribution in [0.2, 0.25) is 0 Å². The zero-order valence-electron chi connectivity index (χ0n) is 19.7. The second kappa shape index (κ2) is 12.0. The largest absolute Gasteiger partial charge is 0.497 e. The third-order valence-corrected chi connectivity index (χ3v) is 5.13. The van der Waals surface area contributed by atoms with E-state index in [1.54, 1.807) is 7.11 Å².